The van der Waals surface area contributed by atoms with E-state index in [0.29, 0.717) is 18.7 Å². The molecule has 0 radical (unpaired) electrons. The largest absolute Gasteiger partial charge is 0.493 e. The Morgan fingerprint density at radius 3 is 2.78 bits per heavy atom. The molecule has 0 saturated heterocycles. The van der Waals surface area contributed by atoms with E-state index < -0.39 is 0 Å². The average molecular weight is 312 g/mol. The van der Waals surface area contributed by atoms with Gasteiger partial charge in [-0.25, -0.2) is 0 Å². The Bertz CT molecular complexity index is 698. The second-order valence-electron chi connectivity index (χ2n) is 5.57. The summed E-state index contributed by atoms with van der Waals surface area (Å²) in [5.41, 5.74) is 3.45. The minimum Gasteiger partial charge on any atom is -0.493 e. The minimum absolute atomic E-state index is 0.108. The van der Waals surface area contributed by atoms with Crippen molar-refractivity contribution in [1.82, 2.24) is 0 Å². The summed E-state index contributed by atoms with van der Waals surface area (Å²) in [5.74, 6) is 0.744. The molecule has 5 heteroatoms. The lowest BCUT2D eigenvalue weighted by Crippen LogP contribution is -2.21. The van der Waals surface area contributed by atoms with Gasteiger partial charge in [0.15, 0.2) is 0 Å². The molecule has 0 unspecified atom stereocenters. The molecule has 0 atom stereocenters. The predicted octanol–water partition coefficient (Wildman–Crippen LogP) is 2.30. The van der Waals surface area contributed by atoms with Crippen LogP contribution in [0.15, 0.2) is 42.5 Å². The Morgan fingerprint density at radius 1 is 1.26 bits per heavy atom. The van der Waals surface area contributed by atoms with Gasteiger partial charge in [-0.3, -0.25) is 4.79 Å². The molecule has 1 amide bonds. The molecule has 120 valence electrons. The molecule has 0 aliphatic carbocycles. The number of ether oxygens (including phenoxy) is 1. The number of aliphatic hydroxyl groups is 1. The van der Waals surface area contributed by atoms with Crippen LogP contribution in [0.25, 0.3) is 0 Å². The smallest absolute Gasteiger partial charge is 0.255 e. The Hall–Kier alpha value is -2.53. The fourth-order valence-electron chi connectivity index (χ4n) is 2.61. The number of carbonyl (C=O) groups excluding carboxylic acids is 1. The molecular formula is C18H20N2O3. The van der Waals surface area contributed by atoms with Crippen LogP contribution in [0, 0.1) is 0 Å². The van der Waals surface area contributed by atoms with E-state index in [-0.39, 0.29) is 12.5 Å². The van der Waals surface area contributed by atoms with Gasteiger partial charge in [-0.15, -0.1) is 0 Å². The minimum atomic E-state index is -0.129. The van der Waals surface area contributed by atoms with Crippen LogP contribution in [0.1, 0.15) is 15.9 Å². The molecule has 0 saturated carbocycles. The van der Waals surface area contributed by atoms with Crippen LogP contribution in [0.4, 0.5) is 11.4 Å². The monoisotopic (exact) mass is 312 g/mol. The van der Waals surface area contributed by atoms with Gasteiger partial charge in [-0.05, 0) is 48.0 Å². The fraction of sp³-hybridized carbons (Fsp3) is 0.278. The molecular weight excluding hydrogens is 292 g/mol. The third-order valence-electron chi connectivity index (χ3n) is 3.95. The van der Waals surface area contributed by atoms with Crippen molar-refractivity contribution in [3.05, 3.63) is 53.6 Å². The van der Waals surface area contributed by atoms with Gasteiger partial charge in [0.25, 0.3) is 5.91 Å². The van der Waals surface area contributed by atoms with E-state index in [1.165, 1.54) is 0 Å². The van der Waals surface area contributed by atoms with Crippen molar-refractivity contribution in [1.29, 1.82) is 0 Å². The van der Waals surface area contributed by atoms with Crippen molar-refractivity contribution in [2.45, 2.75) is 6.42 Å². The lowest BCUT2D eigenvalue weighted by molar-refractivity contribution is 0.102. The van der Waals surface area contributed by atoms with Crippen molar-refractivity contribution >= 4 is 17.3 Å². The maximum atomic E-state index is 12.3. The molecule has 3 rings (SSSR count). The molecule has 1 aliphatic heterocycles. The van der Waals surface area contributed by atoms with Crippen molar-refractivity contribution in [3.63, 3.8) is 0 Å². The molecule has 5 nitrogen and oxygen atoms in total. The highest BCUT2D eigenvalue weighted by atomic mass is 16.5. The summed E-state index contributed by atoms with van der Waals surface area (Å²) < 4.78 is 5.45. The number of amides is 1. The summed E-state index contributed by atoms with van der Waals surface area (Å²) in [5, 5.41) is 11.9. The van der Waals surface area contributed by atoms with Gasteiger partial charge >= 0.3 is 0 Å². The first-order chi connectivity index (χ1) is 11.2. The number of anilines is 2. The molecule has 0 spiro atoms. The van der Waals surface area contributed by atoms with Gasteiger partial charge in [0.2, 0.25) is 0 Å². The number of carbonyl (C=O) groups is 1. The van der Waals surface area contributed by atoms with Gasteiger partial charge < -0.3 is 20.1 Å². The van der Waals surface area contributed by atoms with E-state index in [1.54, 1.807) is 6.07 Å². The van der Waals surface area contributed by atoms with E-state index in [2.05, 4.69) is 5.32 Å². The second kappa shape index (κ2) is 6.71. The highest BCUT2D eigenvalue weighted by molar-refractivity contribution is 6.04. The van der Waals surface area contributed by atoms with Gasteiger partial charge in [-0.1, -0.05) is 0 Å². The number of hydrogen-bond acceptors (Lipinski definition) is 4. The van der Waals surface area contributed by atoms with Crippen LogP contribution in [-0.4, -0.2) is 37.8 Å². The summed E-state index contributed by atoms with van der Waals surface area (Å²) in [7, 11) is 1.91. The molecule has 1 aliphatic rings. The van der Waals surface area contributed by atoms with Crippen LogP contribution in [0.3, 0.4) is 0 Å². The SMILES string of the molecule is CN(CCO)c1ccc(NC(=O)c2ccc3c(c2)CCO3)cc1. The first kappa shape index (κ1) is 15.4. The van der Waals surface area contributed by atoms with E-state index in [9.17, 15) is 4.79 Å². The zero-order valence-corrected chi connectivity index (χ0v) is 13.1. The molecule has 1 heterocycles. The Labute approximate surface area is 135 Å². The summed E-state index contributed by atoms with van der Waals surface area (Å²) in [6.45, 7) is 1.36. The van der Waals surface area contributed by atoms with Crippen molar-refractivity contribution in [2.24, 2.45) is 0 Å². The number of hydrogen-bond donors (Lipinski definition) is 2. The van der Waals surface area contributed by atoms with Crippen LogP contribution >= 0.6 is 0 Å². The number of benzene rings is 2. The summed E-state index contributed by atoms with van der Waals surface area (Å²) >= 11 is 0. The normalized spacial score (nSPS) is 12.4. The van der Waals surface area contributed by atoms with Crippen LogP contribution in [0.5, 0.6) is 5.75 Å². The van der Waals surface area contributed by atoms with E-state index in [0.717, 1.165) is 29.1 Å². The van der Waals surface area contributed by atoms with Gasteiger partial charge in [0.05, 0.1) is 13.2 Å². The number of fused-ring (bicyclic) bond motifs is 1. The van der Waals surface area contributed by atoms with Crippen LogP contribution in [0.2, 0.25) is 0 Å². The molecule has 2 N–H and O–H groups in total. The number of rotatable bonds is 5. The third-order valence-corrected chi connectivity index (χ3v) is 3.95. The van der Waals surface area contributed by atoms with E-state index >= 15 is 0 Å². The Kier molecular flexibility index (Phi) is 4.48. The number of aliphatic hydroxyl groups excluding tert-OH is 1. The van der Waals surface area contributed by atoms with Crippen molar-refractivity contribution in [3.8, 4) is 5.75 Å². The van der Waals surface area contributed by atoms with Gasteiger partial charge in [-0.2, -0.15) is 0 Å². The zero-order valence-electron chi connectivity index (χ0n) is 13.1. The maximum absolute atomic E-state index is 12.3. The Balaban J connectivity index is 1.68. The molecule has 2 aromatic carbocycles. The van der Waals surface area contributed by atoms with Crippen LogP contribution in [-0.2, 0) is 6.42 Å². The summed E-state index contributed by atoms with van der Waals surface area (Å²) in [6.07, 6.45) is 0.850. The number of nitrogens with zero attached hydrogens (tertiary/aromatic N) is 1. The average Bonchev–Trinajstić information content (AvgIpc) is 3.03. The molecule has 0 bridgehead atoms. The lowest BCUT2D eigenvalue weighted by atomic mass is 10.1. The highest BCUT2D eigenvalue weighted by Crippen LogP contribution is 2.26. The van der Waals surface area contributed by atoms with E-state index in [1.807, 2.05) is 48.3 Å². The third kappa shape index (κ3) is 3.46. The van der Waals surface area contributed by atoms with Gasteiger partial charge in [0, 0.05) is 37.0 Å². The highest BCUT2D eigenvalue weighted by Gasteiger charge is 2.15. The lowest BCUT2D eigenvalue weighted by Gasteiger charge is -2.18. The first-order valence-corrected chi connectivity index (χ1v) is 7.66. The van der Waals surface area contributed by atoms with Gasteiger partial charge in [0.1, 0.15) is 5.75 Å². The number of likely N-dealkylation sites (N-methyl/N-ethyl adjacent to an activating group) is 1. The standard InChI is InChI=1S/C18H20N2O3/c1-20(9-10-21)16-5-3-15(4-6-16)19-18(22)14-2-7-17-13(12-14)8-11-23-17/h2-7,12,21H,8-11H2,1H3,(H,19,22). The predicted molar refractivity (Wildman–Crippen MR) is 90.4 cm³/mol. The van der Waals surface area contributed by atoms with E-state index in [4.69, 9.17) is 9.84 Å². The zero-order chi connectivity index (χ0) is 16.2. The number of nitrogens with one attached hydrogen (secondary N) is 1. The first-order valence-electron chi connectivity index (χ1n) is 7.66. The molecule has 23 heavy (non-hydrogen) atoms. The molecule has 2 aromatic rings. The Morgan fingerprint density at radius 2 is 2.04 bits per heavy atom. The topological polar surface area (TPSA) is 61.8 Å². The maximum Gasteiger partial charge on any atom is 0.255 e. The van der Waals surface area contributed by atoms with Crippen molar-refractivity contribution in [2.75, 3.05) is 37.0 Å². The fourth-order valence-corrected chi connectivity index (χ4v) is 2.61. The summed E-state index contributed by atoms with van der Waals surface area (Å²) in [4.78, 5) is 14.3. The van der Waals surface area contributed by atoms with Crippen LogP contribution < -0.4 is 15.0 Å². The second-order valence-corrected chi connectivity index (χ2v) is 5.57. The quantitative estimate of drug-likeness (QED) is 0.889. The summed E-state index contributed by atoms with van der Waals surface area (Å²) in [6, 6.07) is 13.1. The molecule has 0 aromatic heterocycles. The molecule has 0 fully saturated rings. The van der Waals surface area contributed by atoms with Crippen molar-refractivity contribution < 1.29 is 14.6 Å².